The van der Waals surface area contributed by atoms with E-state index in [2.05, 4.69) is 15.9 Å². The second-order valence-corrected chi connectivity index (χ2v) is 5.60. The maximum absolute atomic E-state index is 9.93. The van der Waals surface area contributed by atoms with Crippen LogP contribution in [-0.2, 0) is 6.42 Å². The van der Waals surface area contributed by atoms with Gasteiger partial charge in [0, 0.05) is 16.9 Å². The van der Waals surface area contributed by atoms with Crippen LogP contribution in [0, 0.1) is 0 Å². The smallest absolute Gasteiger partial charge is 0.174 e. The molecular weight excluding hydrogens is 300 g/mol. The van der Waals surface area contributed by atoms with Gasteiger partial charge in [0.15, 0.2) is 4.67 Å². The quantitative estimate of drug-likeness (QED) is 0.928. The van der Waals surface area contributed by atoms with Gasteiger partial charge < -0.3 is 9.52 Å². The second kappa shape index (κ2) is 4.70. The first-order valence-electron chi connectivity index (χ1n) is 4.32. The lowest BCUT2D eigenvalue weighted by Gasteiger charge is -2.06. The minimum absolute atomic E-state index is 0.551. The highest BCUT2D eigenvalue weighted by Gasteiger charge is 2.15. The van der Waals surface area contributed by atoms with Crippen LogP contribution in [0.3, 0.4) is 0 Å². The van der Waals surface area contributed by atoms with Crippen molar-refractivity contribution in [1.82, 2.24) is 0 Å². The average Bonchev–Trinajstić information content (AvgIpc) is 2.75. The Morgan fingerprint density at radius 1 is 1.47 bits per heavy atom. The topological polar surface area (TPSA) is 33.4 Å². The second-order valence-electron chi connectivity index (χ2n) is 3.08. The van der Waals surface area contributed by atoms with Crippen LogP contribution in [0.15, 0.2) is 33.5 Å². The molecule has 1 atom stereocenters. The lowest BCUT2D eigenvalue weighted by atomic mass is 10.1. The Kier molecular flexibility index (Phi) is 3.51. The third-order valence-corrected chi connectivity index (χ3v) is 3.93. The first-order chi connectivity index (χ1) is 7.16. The van der Waals surface area contributed by atoms with E-state index in [1.54, 1.807) is 12.3 Å². The number of furan rings is 1. The van der Waals surface area contributed by atoms with Gasteiger partial charge in [-0.05, 0) is 34.1 Å². The molecule has 2 heterocycles. The van der Waals surface area contributed by atoms with Crippen LogP contribution in [-0.4, -0.2) is 5.11 Å². The highest BCUT2D eigenvalue weighted by molar-refractivity contribution is 9.10. The summed E-state index contributed by atoms with van der Waals surface area (Å²) in [4.78, 5) is 1.06. The van der Waals surface area contributed by atoms with Gasteiger partial charge in [-0.2, -0.15) is 0 Å². The Balaban J connectivity index is 2.10. The van der Waals surface area contributed by atoms with Gasteiger partial charge in [0.1, 0.15) is 0 Å². The predicted molar refractivity (Wildman–Crippen MR) is 64.4 cm³/mol. The fourth-order valence-corrected chi connectivity index (χ4v) is 2.93. The van der Waals surface area contributed by atoms with E-state index < -0.39 is 6.10 Å². The number of hydrogen-bond acceptors (Lipinski definition) is 3. The molecule has 0 fully saturated rings. The molecule has 0 spiro atoms. The van der Waals surface area contributed by atoms with Crippen LogP contribution in [0.25, 0.3) is 0 Å². The van der Waals surface area contributed by atoms with E-state index in [0.717, 1.165) is 14.8 Å². The lowest BCUT2D eigenvalue weighted by Crippen LogP contribution is -1.99. The molecule has 0 aliphatic rings. The van der Waals surface area contributed by atoms with Gasteiger partial charge in [-0.15, -0.1) is 11.3 Å². The molecule has 0 aliphatic carbocycles. The van der Waals surface area contributed by atoms with Crippen molar-refractivity contribution in [3.05, 3.63) is 43.9 Å². The zero-order valence-electron chi connectivity index (χ0n) is 7.61. The van der Waals surface area contributed by atoms with E-state index in [4.69, 9.17) is 16.0 Å². The number of aliphatic hydroxyl groups excluding tert-OH is 1. The Labute approximate surface area is 105 Å². The van der Waals surface area contributed by atoms with E-state index in [0.29, 0.717) is 11.1 Å². The SMILES string of the molecule is OC(Cc1ccc(Cl)s1)c1ccoc1Br. The molecule has 0 amide bonds. The summed E-state index contributed by atoms with van der Waals surface area (Å²) >= 11 is 10.5. The number of aliphatic hydroxyl groups is 1. The zero-order chi connectivity index (χ0) is 10.8. The molecule has 0 bridgehead atoms. The molecule has 0 saturated carbocycles. The first kappa shape index (κ1) is 11.2. The van der Waals surface area contributed by atoms with Crippen molar-refractivity contribution < 1.29 is 9.52 Å². The largest absolute Gasteiger partial charge is 0.457 e. The summed E-state index contributed by atoms with van der Waals surface area (Å²) in [5.74, 6) is 0. The molecule has 2 aromatic heterocycles. The summed E-state index contributed by atoms with van der Waals surface area (Å²) in [6.07, 6.45) is 1.53. The molecule has 15 heavy (non-hydrogen) atoms. The zero-order valence-corrected chi connectivity index (χ0v) is 10.8. The van der Waals surface area contributed by atoms with Gasteiger partial charge in [-0.25, -0.2) is 0 Å². The van der Waals surface area contributed by atoms with Crippen molar-refractivity contribution >= 4 is 38.9 Å². The van der Waals surface area contributed by atoms with Gasteiger partial charge in [0.25, 0.3) is 0 Å². The normalized spacial score (nSPS) is 13.0. The van der Waals surface area contributed by atoms with Crippen molar-refractivity contribution in [3.63, 3.8) is 0 Å². The van der Waals surface area contributed by atoms with Crippen LogP contribution in [0.4, 0.5) is 0 Å². The van der Waals surface area contributed by atoms with Crippen molar-refractivity contribution in [2.45, 2.75) is 12.5 Å². The molecule has 2 nitrogen and oxygen atoms in total. The summed E-state index contributed by atoms with van der Waals surface area (Å²) in [5, 5.41) is 9.93. The molecule has 1 unspecified atom stereocenters. The number of hydrogen-bond donors (Lipinski definition) is 1. The molecule has 5 heteroatoms. The monoisotopic (exact) mass is 306 g/mol. The molecule has 0 saturated heterocycles. The molecule has 1 N–H and O–H groups in total. The van der Waals surface area contributed by atoms with Crippen LogP contribution in [0.2, 0.25) is 4.34 Å². The molecular formula is C10H8BrClO2S. The lowest BCUT2D eigenvalue weighted by molar-refractivity contribution is 0.177. The Morgan fingerprint density at radius 3 is 2.80 bits per heavy atom. The fourth-order valence-electron chi connectivity index (χ4n) is 1.30. The van der Waals surface area contributed by atoms with Crippen LogP contribution >= 0.6 is 38.9 Å². The highest BCUT2D eigenvalue weighted by atomic mass is 79.9. The molecule has 0 radical (unpaired) electrons. The first-order valence-corrected chi connectivity index (χ1v) is 6.30. The third-order valence-electron chi connectivity index (χ3n) is 2.03. The van der Waals surface area contributed by atoms with Gasteiger partial charge in [0.2, 0.25) is 0 Å². The maximum atomic E-state index is 9.93. The van der Waals surface area contributed by atoms with Gasteiger partial charge in [-0.3, -0.25) is 0 Å². The van der Waals surface area contributed by atoms with E-state index in [9.17, 15) is 5.11 Å². The van der Waals surface area contributed by atoms with Crippen LogP contribution < -0.4 is 0 Å². The summed E-state index contributed by atoms with van der Waals surface area (Å²) < 4.78 is 6.38. The molecule has 80 valence electrons. The van der Waals surface area contributed by atoms with E-state index in [1.165, 1.54) is 11.3 Å². The van der Waals surface area contributed by atoms with Crippen molar-refractivity contribution in [1.29, 1.82) is 0 Å². The number of rotatable bonds is 3. The minimum atomic E-state index is -0.562. The predicted octanol–water partition coefficient (Wildman–Crippen LogP) is 4.03. The van der Waals surface area contributed by atoms with Crippen LogP contribution in [0.5, 0.6) is 0 Å². The number of halogens is 2. The standard InChI is InChI=1S/C10H8BrClO2S/c11-10-7(3-4-14-10)8(13)5-6-1-2-9(12)15-6/h1-4,8,13H,5H2. The van der Waals surface area contributed by atoms with Gasteiger partial charge in [-0.1, -0.05) is 11.6 Å². The minimum Gasteiger partial charge on any atom is -0.457 e. The molecule has 0 aromatic carbocycles. The Hall–Kier alpha value is -0.290. The Bertz CT molecular complexity index is 452. The summed E-state index contributed by atoms with van der Waals surface area (Å²) in [6.45, 7) is 0. The van der Waals surface area contributed by atoms with Gasteiger partial charge in [0.05, 0.1) is 16.7 Å². The van der Waals surface area contributed by atoms with E-state index in [-0.39, 0.29) is 0 Å². The van der Waals surface area contributed by atoms with E-state index in [1.807, 2.05) is 12.1 Å². The van der Waals surface area contributed by atoms with Crippen molar-refractivity contribution in [2.24, 2.45) is 0 Å². The summed E-state index contributed by atoms with van der Waals surface area (Å²) in [7, 11) is 0. The maximum Gasteiger partial charge on any atom is 0.174 e. The van der Waals surface area contributed by atoms with Gasteiger partial charge >= 0.3 is 0 Å². The third kappa shape index (κ3) is 2.64. The molecule has 2 aromatic rings. The average molecular weight is 308 g/mol. The molecule has 0 aliphatic heterocycles. The summed E-state index contributed by atoms with van der Waals surface area (Å²) in [6, 6.07) is 5.51. The summed E-state index contributed by atoms with van der Waals surface area (Å²) in [5.41, 5.74) is 0.763. The van der Waals surface area contributed by atoms with E-state index >= 15 is 0 Å². The highest BCUT2D eigenvalue weighted by Crippen LogP contribution is 2.30. The number of thiophene rings is 1. The van der Waals surface area contributed by atoms with Crippen molar-refractivity contribution in [3.8, 4) is 0 Å². The van der Waals surface area contributed by atoms with Crippen LogP contribution in [0.1, 0.15) is 16.5 Å². The molecule has 2 rings (SSSR count). The van der Waals surface area contributed by atoms with Crippen molar-refractivity contribution in [2.75, 3.05) is 0 Å². The fraction of sp³-hybridized carbons (Fsp3) is 0.200. The Morgan fingerprint density at radius 2 is 2.27 bits per heavy atom.